The molecule has 6 aromatic rings. The Bertz CT molecular complexity index is 2410. The van der Waals surface area contributed by atoms with Gasteiger partial charge in [0, 0.05) is 35.7 Å². The van der Waals surface area contributed by atoms with Crippen LogP contribution in [-0.2, 0) is 9.59 Å². The highest BCUT2D eigenvalue weighted by Gasteiger charge is 2.48. The molecule has 57 heavy (non-hydrogen) atoms. The van der Waals surface area contributed by atoms with Crippen molar-refractivity contribution in [2.45, 2.75) is 39.5 Å². The number of unbranched alkanes of at least 4 members (excludes halogenated alkanes) is 2. The standard InChI is InChI=1S/C51H45N3O3/c1-3-5-33-52-48(41-25-21-38(22-26-41)37-19-17-36(35-55)18-20-37)46-47(51(52)57)49(53(50(46)56)34-6-4-2)42-27-23-39(24-28-42)40-29-31-45(32-30-40)54(43-13-9-7-10-14-43)44-15-11-8-12-16-44/h7-32,35H,3-6,33-34H2,1-2H3. The lowest BCUT2D eigenvalue weighted by Gasteiger charge is -2.26. The smallest absolute Gasteiger partial charge is 0.261 e. The molecule has 6 aromatic carbocycles. The van der Waals surface area contributed by atoms with E-state index < -0.39 is 0 Å². The fourth-order valence-corrected chi connectivity index (χ4v) is 7.86. The lowest BCUT2D eigenvalue weighted by Crippen LogP contribution is -2.31. The monoisotopic (exact) mass is 747 g/mol. The second kappa shape index (κ2) is 16.5. The van der Waals surface area contributed by atoms with Crippen LogP contribution in [0.5, 0.6) is 0 Å². The van der Waals surface area contributed by atoms with Gasteiger partial charge in [0.2, 0.25) is 0 Å². The van der Waals surface area contributed by atoms with Crippen molar-refractivity contribution in [2.24, 2.45) is 0 Å². The van der Waals surface area contributed by atoms with Crippen LogP contribution in [0.25, 0.3) is 33.6 Å². The summed E-state index contributed by atoms with van der Waals surface area (Å²) in [6, 6.07) is 53.1. The average Bonchev–Trinajstić information content (AvgIpc) is 3.72. The molecule has 0 saturated carbocycles. The number of amides is 2. The van der Waals surface area contributed by atoms with Gasteiger partial charge >= 0.3 is 0 Å². The van der Waals surface area contributed by atoms with Crippen molar-refractivity contribution in [1.29, 1.82) is 0 Å². The molecular formula is C51H45N3O3. The number of rotatable bonds is 14. The van der Waals surface area contributed by atoms with Gasteiger partial charge in [-0.25, -0.2) is 0 Å². The van der Waals surface area contributed by atoms with E-state index in [1.165, 1.54) is 0 Å². The zero-order valence-corrected chi connectivity index (χ0v) is 32.4. The number of nitrogens with zero attached hydrogens (tertiary/aromatic N) is 3. The second-order valence-corrected chi connectivity index (χ2v) is 14.5. The summed E-state index contributed by atoms with van der Waals surface area (Å²) >= 11 is 0. The summed E-state index contributed by atoms with van der Waals surface area (Å²) in [5.41, 5.74) is 12.0. The van der Waals surface area contributed by atoms with Crippen LogP contribution in [0, 0.1) is 0 Å². The Morgan fingerprint density at radius 1 is 0.439 bits per heavy atom. The van der Waals surface area contributed by atoms with Crippen LogP contribution in [0.15, 0.2) is 169 Å². The van der Waals surface area contributed by atoms with Crippen molar-refractivity contribution in [2.75, 3.05) is 18.0 Å². The van der Waals surface area contributed by atoms with Crippen LogP contribution in [0.1, 0.15) is 61.0 Å². The first kappa shape index (κ1) is 37.1. The topological polar surface area (TPSA) is 60.9 Å². The molecule has 0 radical (unpaired) electrons. The molecule has 0 aromatic heterocycles. The molecule has 0 saturated heterocycles. The van der Waals surface area contributed by atoms with Gasteiger partial charge in [0.15, 0.2) is 0 Å². The van der Waals surface area contributed by atoms with E-state index in [9.17, 15) is 14.4 Å². The van der Waals surface area contributed by atoms with Crippen LogP contribution in [0.3, 0.4) is 0 Å². The third kappa shape index (κ3) is 7.22. The van der Waals surface area contributed by atoms with Gasteiger partial charge in [0.25, 0.3) is 11.8 Å². The summed E-state index contributed by atoms with van der Waals surface area (Å²) in [5.74, 6) is -0.240. The molecule has 2 heterocycles. The maximum atomic E-state index is 14.6. The SMILES string of the molecule is CCCCN1C(=O)C2=C(c3ccc(-c4ccc(N(c5ccccc5)c5ccccc5)cc4)cc3)N(CCCC)C(=O)C2=C1c1ccc(-c2ccc(C=O)cc2)cc1. The maximum absolute atomic E-state index is 14.6. The van der Waals surface area contributed by atoms with Gasteiger partial charge in [-0.15, -0.1) is 0 Å². The van der Waals surface area contributed by atoms with Gasteiger partial charge in [-0.05, 0) is 82.6 Å². The Morgan fingerprint density at radius 3 is 1.14 bits per heavy atom. The van der Waals surface area contributed by atoms with Crippen molar-refractivity contribution in [3.8, 4) is 22.3 Å². The number of hydrogen-bond donors (Lipinski definition) is 0. The predicted octanol–water partition coefficient (Wildman–Crippen LogP) is 11.7. The summed E-state index contributed by atoms with van der Waals surface area (Å²) in [6.45, 7) is 5.29. The van der Waals surface area contributed by atoms with Crippen LogP contribution < -0.4 is 4.90 Å². The lowest BCUT2D eigenvalue weighted by molar-refractivity contribution is -0.124. The van der Waals surface area contributed by atoms with E-state index in [0.29, 0.717) is 41.2 Å². The van der Waals surface area contributed by atoms with Crippen molar-refractivity contribution in [1.82, 2.24) is 9.80 Å². The predicted molar refractivity (Wildman–Crippen MR) is 231 cm³/mol. The number of hydrogen-bond acceptors (Lipinski definition) is 4. The highest BCUT2D eigenvalue weighted by Crippen LogP contribution is 2.47. The first-order valence-corrected chi connectivity index (χ1v) is 19.9. The summed E-state index contributed by atoms with van der Waals surface area (Å²) in [5, 5.41) is 0. The normalized spacial score (nSPS) is 13.8. The Morgan fingerprint density at radius 2 is 0.772 bits per heavy atom. The second-order valence-electron chi connectivity index (χ2n) is 14.5. The molecule has 0 unspecified atom stereocenters. The number of aldehydes is 1. The minimum atomic E-state index is -0.120. The van der Waals surface area contributed by atoms with Crippen molar-refractivity contribution in [3.63, 3.8) is 0 Å². The number of anilines is 3. The summed E-state index contributed by atoms with van der Waals surface area (Å²) < 4.78 is 0. The van der Waals surface area contributed by atoms with E-state index in [1.54, 1.807) is 12.1 Å². The molecule has 0 bridgehead atoms. The highest BCUT2D eigenvalue weighted by atomic mass is 16.2. The van der Waals surface area contributed by atoms with Gasteiger partial charge in [-0.1, -0.05) is 148 Å². The largest absolute Gasteiger partial charge is 0.311 e. The molecule has 0 N–H and O–H groups in total. The first-order chi connectivity index (χ1) is 28.0. The van der Waals surface area contributed by atoms with Gasteiger partial charge in [-0.3, -0.25) is 14.4 Å². The Hall–Kier alpha value is -6.79. The van der Waals surface area contributed by atoms with E-state index in [0.717, 1.165) is 82.4 Å². The van der Waals surface area contributed by atoms with Crippen molar-refractivity contribution < 1.29 is 14.4 Å². The van der Waals surface area contributed by atoms with Crippen LogP contribution in [0.4, 0.5) is 17.1 Å². The van der Waals surface area contributed by atoms with Gasteiger partial charge in [0.05, 0.1) is 22.5 Å². The molecule has 6 heteroatoms. The number of para-hydroxylation sites is 2. The molecular weight excluding hydrogens is 703 g/mol. The lowest BCUT2D eigenvalue weighted by atomic mass is 9.98. The van der Waals surface area contributed by atoms with Crippen molar-refractivity contribution >= 4 is 46.6 Å². The van der Waals surface area contributed by atoms with E-state index >= 15 is 0 Å². The molecule has 0 aliphatic carbocycles. The molecule has 0 spiro atoms. The van der Waals surface area contributed by atoms with Crippen LogP contribution in [-0.4, -0.2) is 41.0 Å². The molecule has 2 aliphatic heterocycles. The Labute approximate surface area is 335 Å². The third-order valence-corrected chi connectivity index (χ3v) is 10.8. The summed E-state index contributed by atoms with van der Waals surface area (Å²) in [6.07, 6.45) is 4.32. The van der Waals surface area contributed by atoms with Crippen molar-refractivity contribution in [3.05, 3.63) is 186 Å². The van der Waals surface area contributed by atoms with Gasteiger partial charge < -0.3 is 14.7 Å². The number of benzene rings is 6. The molecule has 0 atom stereocenters. The van der Waals surface area contributed by atoms with E-state index in [1.807, 2.05) is 70.5 Å². The van der Waals surface area contributed by atoms with Gasteiger partial charge in [0.1, 0.15) is 6.29 Å². The first-order valence-electron chi connectivity index (χ1n) is 19.9. The van der Waals surface area contributed by atoms with E-state index in [4.69, 9.17) is 0 Å². The average molecular weight is 748 g/mol. The third-order valence-electron chi connectivity index (χ3n) is 10.8. The summed E-state index contributed by atoms with van der Waals surface area (Å²) in [4.78, 5) is 46.2. The molecule has 2 amide bonds. The van der Waals surface area contributed by atoms with Crippen LogP contribution in [0.2, 0.25) is 0 Å². The van der Waals surface area contributed by atoms with Gasteiger partial charge in [-0.2, -0.15) is 0 Å². The highest BCUT2D eigenvalue weighted by molar-refractivity contribution is 6.30. The zero-order chi connectivity index (χ0) is 39.3. The number of fused-ring (bicyclic) bond motifs is 1. The Kier molecular flexibility index (Phi) is 10.8. The zero-order valence-electron chi connectivity index (χ0n) is 32.4. The van der Waals surface area contributed by atoms with E-state index in [-0.39, 0.29) is 11.8 Å². The number of carbonyl (C=O) groups excluding carboxylic acids is 3. The maximum Gasteiger partial charge on any atom is 0.261 e. The van der Waals surface area contributed by atoms with E-state index in [2.05, 4.69) is 104 Å². The Balaban J connectivity index is 1.15. The molecule has 6 nitrogen and oxygen atoms in total. The molecule has 0 fully saturated rings. The minimum Gasteiger partial charge on any atom is -0.311 e. The van der Waals surface area contributed by atoms with Crippen LogP contribution >= 0.6 is 0 Å². The molecule has 8 rings (SSSR count). The fraction of sp³-hybridized carbons (Fsp3) is 0.157. The quantitative estimate of drug-likeness (QED) is 0.104. The fourth-order valence-electron chi connectivity index (χ4n) is 7.86. The molecule has 282 valence electrons. The molecule has 2 aliphatic rings. The number of carbonyl (C=O) groups is 3. The minimum absolute atomic E-state index is 0.120. The summed E-state index contributed by atoms with van der Waals surface area (Å²) in [7, 11) is 0.